The number of rotatable bonds is 3. The van der Waals surface area contributed by atoms with E-state index >= 15 is 0 Å². The number of nitrogens with one attached hydrogen (secondary N) is 1. The molecule has 1 saturated heterocycles. The van der Waals surface area contributed by atoms with E-state index in [1.807, 2.05) is 12.1 Å². The van der Waals surface area contributed by atoms with Gasteiger partial charge in [0.15, 0.2) is 0 Å². The fourth-order valence-corrected chi connectivity index (χ4v) is 2.32. The molecule has 1 unspecified atom stereocenters. The Morgan fingerprint density at radius 3 is 3.17 bits per heavy atom. The van der Waals surface area contributed by atoms with E-state index in [9.17, 15) is 4.79 Å². The van der Waals surface area contributed by atoms with E-state index in [2.05, 4.69) is 5.32 Å². The van der Waals surface area contributed by atoms with Gasteiger partial charge in [-0.1, -0.05) is 0 Å². The van der Waals surface area contributed by atoms with Crippen molar-refractivity contribution in [2.24, 2.45) is 5.92 Å². The number of amides is 1. The van der Waals surface area contributed by atoms with Crippen LogP contribution in [0.15, 0.2) is 12.1 Å². The Hall–Kier alpha value is -1.75. The lowest BCUT2D eigenvalue weighted by atomic mass is 10.1. The maximum atomic E-state index is 11.3. The van der Waals surface area contributed by atoms with E-state index in [1.165, 1.54) is 0 Å². The summed E-state index contributed by atoms with van der Waals surface area (Å²) in [7, 11) is 0. The van der Waals surface area contributed by atoms with Crippen LogP contribution in [0.5, 0.6) is 5.75 Å². The van der Waals surface area contributed by atoms with E-state index in [0.29, 0.717) is 30.4 Å². The number of anilines is 2. The van der Waals surface area contributed by atoms with Crippen LogP contribution in [0, 0.1) is 5.92 Å². The molecule has 3 rings (SSSR count). The Kier molecular flexibility index (Phi) is 2.83. The van der Waals surface area contributed by atoms with Crippen LogP contribution in [0.25, 0.3) is 0 Å². The van der Waals surface area contributed by atoms with Crippen LogP contribution in [0.2, 0.25) is 0 Å². The Morgan fingerprint density at radius 2 is 2.39 bits per heavy atom. The highest BCUT2D eigenvalue weighted by Gasteiger charge is 2.21. The van der Waals surface area contributed by atoms with Crippen molar-refractivity contribution in [3.05, 3.63) is 17.7 Å². The minimum Gasteiger partial charge on any atom is -0.491 e. The second kappa shape index (κ2) is 4.49. The van der Waals surface area contributed by atoms with Crippen LogP contribution >= 0.6 is 0 Å². The van der Waals surface area contributed by atoms with Crippen LogP contribution in [0.4, 0.5) is 11.4 Å². The van der Waals surface area contributed by atoms with Gasteiger partial charge in [0.05, 0.1) is 25.3 Å². The molecule has 0 aromatic heterocycles. The zero-order chi connectivity index (χ0) is 12.5. The summed E-state index contributed by atoms with van der Waals surface area (Å²) in [5.41, 5.74) is 8.27. The zero-order valence-electron chi connectivity index (χ0n) is 10.1. The van der Waals surface area contributed by atoms with Gasteiger partial charge in [-0.2, -0.15) is 0 Å². The number of hydrogen-bond donors (Lipinski definition) is 2. The summed E-state index contributed by atoms with van der Waals surface area (Å²) in [6.07, 6.45) is 1.43. The maximum Gasteiger partial charge on any atom is 0.228 e. The minimum absolute atomic E-state index is 0.00532. The van der Waals surface area contributed by atoms with Gasteiger partial charge < -0.3 is 20.5 Å². The second-order valence-corrected chi connectivity index (χ2v) is 4.81. The first-order chi connectivity index (χ1) is 8.72. The van der Waals surface area contributed by atoms with Gasteiger partial charge in [-0.3, -0.25) is 4.79 Å². The standard InChI is InChI=1S/C13H16N2O3/c14-10-3-9-4-13(16)15-11(9)5-12(10)18-7-8-1-2-17-6-8/h3,5,8H,1-2,4,6-7,14H2,(H,15,16). The number of hydrogen-bond acceptors (Lipinski definition) is 4. The third-order valence-electron chi connectivity index (χ3n) is 3.36. The molecule has 1 atom stereocenters. The molecule has 1 aromatic carbocycles. The van der Waals surface area contributed by atoms with Crippen molar-refractivity contribution >= 4 is 17.3 Å². The zero-order valence-corrected chi connectivity index (χ0v) is 10.1. The Labute approximate surface area is 105 Å². The molecule has 96 valence electrons. The number of benzene rings is 1. The molecule has 0 radical (unpaired) electrons. The van der Waals surface area contributed by atoms with Gasteiger partial charge in [-0.25, -0.2) is 0 Å². The quantitative estimate of drug-likeness (QED) is 0.788. The van der Waals surface area contributed by atoms with Crippen LogP contribution in [-0.2, 0) is 16.0 Å². The molecule has 3 N–H and O–H groups in total. The predicted octanol–water partition coefficient (Wildman–Crippen LogP) is 1.18. The Balaban J connectivity index is 1.72. The summed E-state index contributed by atoms with van der Waals surface area (Å²) in [6.45, 7) is 2.17. The predicted molar refractivity (Wildman–Crippen MR) is 67.6 cm³/mol. The van der Waals surface area contributed by atoms with Gasteiger partial charge in [-0.15, -0.1) is 0 Å². The van der Waals surface area contributed by atoms with Crippen LogP contribution in [-0.4, -0.2) is 25.7 Å². The fraction of sp³-hybridized carbons (Fsp3) is 0.462. The first kappa shape index (κ1) is 11.3. The fourth-order valence-electron chi connectivity index (χ4n) is 2.32. The van der Waals surface area contributed by atoms with Crippen LogP contribution in [0.1, 0.15) is 12.0 Å². The summed E-state index contributed by atoms with van der Waals surface area (Å²) in [4.78, 5) is 11.3. The summed E-state index contributed by atoms with van der Waals surface area (Å²) in [5, 5.41) is 2.79. The molecule has 2 heterocycles. The normalized spacial score (nSPS) is 21.8. The van der Waals surface area contributed by atoms with Gasteiger partial charge in [0.2, 0.25) is 5.91 Å². The van der Waals surface area contributed by atoms with Crippen molar-refractivity contribution in [3.8, 4) is 5.75 Å². The second-order valence-electron chi connectivity index (χ2n) is 4.81. The van der Waals surface area contributed by atoms with E-state index < -0.39 is 0 Å². The molecule has 0 bridgehead atoms. The van der Waals surface area contributed by atoms with Gasteiger partial charge in [0, 0.05) is 24.3 Å². The van der Waals surface area contributed by atoms with E-state index in [0.717, 1.165) is 30.9 Å². The first-order valence-electron chi connectivity index (χ1n) is 6.15. The van der Waals surface area contributed by atoms with Crippen LogP contribution < -0.4 is 15.8 Å². The lowest BCUT2D eigenvalue weighted by Crippen LogP contribution is -2.12. The molecule has 2 aliphatic heterocycles. The molecule has 2 aliphatic rings. The summed E-state index contributed by atoms with van der Waals surface area (Å²) in [6, 6.07) is 3.62. The van der Waals surface area contributed by atoms with Crippen molar-refractivity contribution in [2.45, 2.75) is 12.8 Å². The van der Waals surface area contributed by atoms with Crippen molar-refractivity contribution in [3.63, 3.8) is 0 Å². The number of carbonyl (C=O) groups is 1. The molecule has 1 amide bonds. The van der Waals surface area contributed by atoms with Crippen molar-refractivity contribution < 1.29 is 14.3 Å². The summed E-state index contributed by atoms with van der Waals surface area (Å²) >= 11 is 0. The molecule has 0 saturated carbocycles. The third-order valence-corrected chi connectivity index (χ3v) is 3.36. The number of ether oxygens (including phenoxy) is 2. The average Bonchev–Trinajstić information content (AvgIpc) is 2.94. The molecule has 18 heavy (non-hydrogen) atoms. The Morgan fingerprint density at radius 1 is 1.50 bits per heavy atom. The van der Waals surface area contributed by atoms with Gasteiger partial charge in [0.25, 0.3) is 0 Å². The average molecular weight is 248 g/mol. The molecule has 1 aromatic rings. The number of fused-ring (bicyclic) bond motifs is 1. The maximum absolute atomic E-state index is 11.3. The monoisotopic (exact) mass is 248 g/mol. The summed E-state index contributed by atoms with van der Waals surface area (Å²) < 4.78 is 11.0. The first-order valence-corrected chi connectivity index (χ1v) is 6.15. The van der Waals surface area contributed by atoms with Gasteiger partial charge in [-0.05, 0) is 18.1 Å². The highest BCUT2D eigenvalue weighted by Crippen LogP contribution is 2.33. The highest BCUT2D eigenvalue weighted by atomic mass is 16.5. The van der Waals surface area contributed by atoms with Crippen molar-refractivity contribution in [2.75, 3.05) is 30.9 Å². The molecular weight excluding hydrogens is 232 g/mol. The van der Waals surface area contributed by atoms with Crippen molar-refractivity contribution in [1.82, 2.24) is 0 Å². The molecule has 5 heteroatoms. The molecule has 0 aliphatic carbocycles. The number of nitrogens with two attached hydrogens (primary N) is 1. The number of nitrogen functional groups attached to an aromatic ring is 1. The number of carbonyl (C=O) groups excluding carboxylic acids is 1. The Bertz CT molecular complexity index is 481. The van der Waals surface area contributed by atoms with Crippen molar-refractivity contribution in [1.29, 1.82) is 0 Å². The largest absolute Gasteiger partial charge is 0.491 e. The van der Waals surface area contributed by atoms with E-state index in [1.54, 1.807) is 0 Å². The molecule has 1 fully saturated rings. The van der Waals surface area contributed by atoms with E-state index in [4.69, 9.17) is 15.2 Å². The van der Waals surface area contributed by atoms with Gasteiger partial charge in [0.1, 0.15) is 5.75 Å². The lowest BCUT2D eigenvalue weighted by molar-refractivity contribution is -0.115. The molecule has 0 spiro atoms. The van der Waals surface area contributed by atoms with E-state index in [-0.39, 0.29) is 5.91 Å². The summed E-state index contributed by atoms with van der Waals surface area (Å²) in [5.74, 6) is 1.08. The third kappa shape index (κ3) is 2.13. The molecule has 5 nitrogen and oxygen atoms in total. The highest BCUT2D eigenvalue weighted by molar-refractivity contribution is 6.00. The lowest BCUT2D eigenvalue weighted by Gasteiger charge is -2.13. The van der Waals surface area contributed by atoms with Crippen LogP contribution in [0.3, 0.4) is 0 Å². The topological polar surface area (TPSA) is 73.6 Å². The van der Waals surface area contributed by atoms with Gasteiger partial charge >= 0.3 is 0 Å². The smallest absolute Gasteiger partial charge is 0.228 e. The minimum atomic E-state index is 0.00532. The molecular formula is C13H16N2O3. The SMILES string of the molecule is Nc1cc2c(cc1OCC1CCOC1)NC(=O)C2.